The van der Waals surface area contributed by atoms with Crippen molar-refractivity contribution in [3.63, 3.8) is 0 Å². The van der Waals surface area contributed by atoms with E-state index >= 15 is 0 Å². The molecule has 0 aliphatic heterocycles. The number of likely N-dealkylation sites (N-methyl/N-ethyl adjacent to an activating group) is 1. The molecule has 0 aliphatic rings. The molecule has 0 aromatic heterocycles. The predicted molar refractivity (Wildman–Crippen MR) is 70.8 cm³/mol. The lowest BCUT2D eigenvalue weighted by Crippen LogP contribution is -2.28. The maximum Gasteiger partial charge on any atom is 0.244 e. The van der Waals surface area contributed by atoms with Gasteiger partial charge in [-0.15, -0.1) is 0 Å². The molecule has 0 fully saturated rings. The Labute approximate surface area is 112 Å². The van der Waals surface area contributed by atoms with Crippen LogP contribution >= 0.6 is 11.6 Å². The lowest BCUT2D eigenvalue weighted by Gasteiger charge is -2.17. The topological polar surface area (TPSA) is 61.2 Å². The summed E-state index contributed by atoms with van der Waals surface area (Å²) in [5.41, 5.74) is 1.05. The smallest absolute Gasteiger partial charge is 0.207 e. The van der Waals surface area contributed by atoms with E-state index in [1.807, 2.05) is 6.07 Å². The molecule has 0 bridgehead atoms. The van der Waals surface area contributed by atoms with E-state index < -0.39 is 10.0 Å². The van der Waals surface area contributed by atoms with Crippen molar-refractivity contribution >= 4 is 21.6 Å². The van der Waals surface area contributed by atoms with Crippen molar-refractivity contribution in [2.75, 3.05) is 13.6 Å². The standard InChI is InChI=1S/C12H13ClN2O2S/c1-9(2)8-15(3)18(16,17)12-5-4-10(7-14)6-11(12)13/h4-6H,1,8H2,2-3H3. The van der Waals surface area contributed by atoms with Crippen LogP contribution in [0.5, 0.6) is 0 Å². The number of rotatable bonds is 4. The summed E-state index contributed by atoms with van der Waals surface area (Å²) >= 11 is 5.89. The highest BCUT2D eigenvalue weighted by Crippen LogP contribution is 2.25. The highest BCUT2D eigenvalue weighted by molar-refractivity contribution is 7.89. The Hall–Kier alpha value is -1.35. The van der Waals surface area contributed by atoms with Gasteiger partial charge in [-0.3, -0.25) is 0 Å². The van der Waals surface area contributed by atoms with Crippen molar-refractivity contribution in [1.82, 2.24) is 4.31 Å². The monoisotopic (exact) mass is 284 g/mol. The zero-order chi connectivity index (χ0) is 13.9. The maximum absolute atomic E-state index is 12.2. The quantitative estimate of drug-likeness (QED) is 0.798. The lowest BCUT2D eigenvalue weighted by molar-refractivity contribution is 0.493. The van der Waals surface area contributed by atoms with E-state index in [0.29, 0.717) is 5.56 Å². The Morgan fingerprint density at radius 2 is 2.17 bits per heavy atom. The first-order chi connectivity index (χ1) is 8.28. The van der Waals surface area contributed by atoms with Crippen molar-refractivity contribution in [2.45, 2.75) is 11.8 Å². The van der Waals surface area contributed by atoms with Crippen LogP contribution in [0.4, 0.5) is 0 Å². The minimum Gasteiger partial charge on any atom is -0.207 e. The van der Waals surface area contributed by atoms with E-state index in [2.05, 4.69) is 6.58 Å². The molecule has 0 amide bonds. The molecule has 0 atom stereocenters. The summed E-state index contributed by atoms with van der Waals surface area (Å²) in [4.78, 5) is -0.00748. The summed E-state index contributed by atoms with van der Waals surface area (Å²) in [7, 11) is -2.20. The second kappa shape index (κ2) is 5.53. The number of nitrogens with zero attached hydrogens (tertiary/aromatic N) is 2. The van der Waals surface area contributed by atoms with Gasteiger partial charge in [-0.2, -0.15) is 9.57 Å². The van der Waals surface area contributed by atoms with E-state index in [-0.39, 0.29) is 16.5 Å². The summed E-state index contributed by atoms with van der Waals surface area (Å²) in [6.07, 6.45) is 0. The molecular formula is C12H13ClN2O2S. The van der Waals surface area contributed by atoms with Crippen molar-refractivity contribution < 1.29 is 8.42 Å². The molecule has 1 aromatic carbocycles. The summed E-state index contributed by atoms with van der Waals surface area (Å²) in [6.45, 7) is 5.63. The molecule has 0 saturated carbocycles. The Kier molecular flexibility index (Phi) is 4.52. The van der Waals surface area contributed by atoms with Crippen LogP contribution in [0.2, 0.25) is 5.02 Å². The zero-order valence-corrected chi connectivity index (χ0v) is 11.7. The fourth-order valence-electron chi connectivity index (χ4n) is 1.41. The van der Waals surface area contributed by atoms with Crippen LogP contribution < -0.4 is 0 Å². The van der Waals surface area contributed by atoms with E-state index in [9.17, 15) is 8.42 Å². The highest BCUT2D eigenvalue weighted by atomic mass is 35.5. The number of sulfonamides is 1. The third-order valence-electron chi connectivity index (χ3n) is 2.24. The van der Waals surface area contributed by atoms with Crippen molar-refractivity contribution in [3.8, 4) is 6.07 Å². The molecule has 96 valence electrons. The van der Waals surface area contributed by atoms with Gasteiger partial charge in [0.15, 0.2) is 0 Å². The molecular weight excluding hydrogens is 272 g/mol. The van der Waals surface area contributed by atoms with Crippen LogP contribution in [0.1, 0.15) is 12.5 Å². The average molecular weight is 285 g/mol. The van der Waals surface area contributed by atoms with Gasteiger partial charge >= 0.3 is 0 Å². The maximum atomic E-state index is 12.2. The van der Waals surface area contributed by atoms with Gasteiger partial charge in [0.2, 0.25) is 10.0 Å². The average Bonchev–Trinajstić information content (AvgIpc) is 2.27. The van der Waals surface area contributed by atoms with Crippen LogP contribution in [0.3, 0.4) is 0 Å². The van der Waals surface area contributed by atoms with Gasteiger partial charge in [-0.25, -0.2) is 8.42 Å². The lowest BCUT2D eigenvalue weighted by atomic mass is 10.2. The fourth-order valence-corrected chi connectivity index (χ4v) is 3.16. The van der Waals surface area contributed by atoms with Gasteiger partial charge in [-0.05, 0) is 25.1 Å². The SMILES string of the molecule is C=C(C)CN(C)S(=O)(=O)c1ccc(C#N)cc1Cl. The Balaban J connectivity index is 3.21. The van der Waals surface area contributed by atoms with Gasteiger partial charge in [0, 0.05) is 13.6 Å². The van der Waals surface area contributed by atoms with Crippen molar-refractivity contribution in [2.24, 2.45) is 0 Å². The molecule has 18 heavy (non-hydrogen) atoms. The van der Waals surface area contributed by atoms with Crippen LogP contribution in [0, 0.1) is 11.3 Å². The molecule has 0 saturated heterocycles. The predicted octanol–water partition coefficient (Wildman–Crippen LogP) is 2.41. The minimum atomic E-state index is -3.66. The second-order valence-electron chi connectivity index (χ2n) is 3.98. The molecule has 6 heteroatoms. The molecule has 0 unspecified atom stereocenters. The van der Waals surface area contributed by atoms with E-state index in [4.69, 9.17) is 16.9 Å². The molecule has 0 aliphatic carbocycles. The zero-order valence-electron chi connectivity index (χ0n) is 10.1. The molecule has 4 nitrogen and oxygen atoms in total. The number of halogens is 1. The number of benzene rings is 1. The molecule has 0 spiro atoms. The van der Waals surface area contributed by atoms with E-state index in [0.717, 1.165) is 5.57 Å². The first-order valence-corrected chi connectivity index (χ1v) is 6.91. The van der Waals surface area contributed by atoms with Crippen LogP contribution in [-0.2, 0) is 10.0 Å². The number of hydrogen-bond donors (Lipinski definition) is 0. The summed E-state index contributed by atoms with van der Waals surface area (Å²) < 4.78 is 25.6. The summed E-state index contributed by atoms with van der Waals surface area (Å²) in [5, 5.41) is 8.75. The normalized spacial score (nSPS) is 11.3. The van der Waals surface area contributed by atoms with Crippen LogP contribution in [0.15, 0.2) is 35.2 Å². The molecule has 1 aromatic rings. The van der Waals surface area contributed by atoms with Crippen LogP contribution in [0.25, 0.3) is 0 Å². The first kappa shape index (κ1) is 14.7. The fraction of sp³-hybridized carbons (Fsp3) is 0.250. The molecule has 0 radical (unpaired) electrons. The number of nitriles is 1. The van der Waals surface area contributed by atoms with Gasteiger partial charge in [0.05, 0.1) is 16.7 Å². The summed E-state index contributed by atoms with van der Waals surface area (Å²) in [6, 6.07) is 6.00. The largest absolute Gasteiger partial charge is 0.244 e. The van der Waals surface area contributed by atoms with Gasteiger partial charge in [-0.1, -0.05) is 23.8 Å². The second-order valence-corrected chi connectivity index (χ2v) is 6.40. The van der Waals surface area contributed by atoms with Gasteiger partial charge in [0.1, 0.15) is 4.90 Å². The summed E-state index contributed by atoms with van der Waals surface area (Å²) in [5.74, 6) is 0. The Morgan fingerprint density at radius 3 is 2.61 bits per heavy atom. The highest BCUT2D eigenvalue weighted by Gasteiger charge is 2.23. The van der Waals surface area contributed by atoms with Gasteiger partial charge in [0.25, 0.3) is 0 Å². The van der Waals surface area contributed by atoms with E-state index in [1.165, 1.54) is 29.6 Å². The molecule has 1 rings (SSSR count). The third kappa shape index (κ3) is 3.10. The van der Waals surface area contributed by atoms with Crippen molar-refractivity contribution in [3.05, 3.63) is 40.9 Å². The molecule has 0 N–H and O–H groups in total. The Morgan fingerprint density at radius 1 is 1.56 bits per heavy atom. The van der Waals surface area contributed by atoms with Crippen molar-refractivity contribution in [1.29, 1.82) is 5.26 Å². The van der Waals surface area contributed by atoms with Crippen LogP contribution in [-0.4, -0.2) is 26.3 Å². The Bertz CT molecular complexity index is 617. The number of hydrogen-bond acceptors (Lipinski definition) is 3. The first-order valence-electron chi connectivity index (χ1n) is 5.09. The molecule has 0 heterocycles. The van der Waals surface area contributed by atoms with Gasteiger partial charge < -0.3 is 0 Å². The minimum absolute atomic E-state index is 0.00748. The van der Waals surface area contributed by atoms with E-state index in [1.54, 1.807) is 6.92 Å². The third-order valence-corrected chi connectivity index (χ3v) is 4.53.